The van der Waals surface area contributed by atoms with Gasteiger partial charge in [-0.2, -0.15) is 0 Å². The Morgan fingerprint density at radius 2 is 1.65 bits per heavy atom. The molecule has 2 aromatic carbocycles. The van der Waals surface area contributed by atoms with Crippen molar-refractivity contribution in [3.63, 3.8) is 0 Å². The van der Waals surface area contributed by atoms with Crippen molar-refractivity contribution in [2.75, 3.05) is 6.79 Å². The maximum Gasteiger partial charge on any atom is 0.312 e. The molecule has 0 saturated carbocycles. The van der Waals surface area contributed by atoms with Gasteiger partial charge in [0.15, 0.2) is 11.5 Å². The average Bonchev–Trinajstić information content (AvgIpc) is 3.06. The van der Waals surface area contributed by atoms with Gasteiger partial charge in [0.2, 0.25) is 6.79 Å². The molecule has 0 saturated heterocycles. The highest BCUT2D eigenvalue weighted by Gasteiger charge is 2.32. The zero-order valence-corrected chi connectivity index (χ0v) is 15.1. The van der Waals surface area contributed by atoms with E-state index in [0.717, 1.165) is 5.56 Å². The van der Waals surface area contributed by atoms with E-state index in [2.05, 4.69) is 20.8 Å². The minimum absolute atomic E-state index is 0.0152. The molecule has 0 aromatic heterocycles. The lowest BCUT2D eigenvalue weighted by Gasteiger charge is -2.23. The van der Waals surface area contributed by atoms with Crippen LogP contribution in [0.25, 0.3) is 0 Å². The third-order valence-corrected chi connectivity index (χ3v) is 4.69. The number of hydrogen-bond acceptors (Lipinski definition) is 4. The van der Waals surface area contributed by atoms with Gasteiger partial charge < -0.3 is 19.4 Å². The fourth-order valence-electron chi connectivity index (χ4n) is 3.17. The Kier molecular flexibility index (Phi) is 4.72. The monoisotopic (exact) mass is 354 g/mol. The predicted molar refractivity (Wildman–Crippen MR) is 96.9 cm³/mol. The van der Waals surface area contributed by atoms with Crippen LogP contribution in [0.3, 0.4) is 0 Å². The van der Waals surface area contributed by atoms with E-state index in [-0.39, 0.29) is 12.2 Å². The summed E-state index contributed by atoms with van der Waals surface area (Å²) in [5.41, 5.74) is 2.30. The summed E-state index contributed by atoms with van der Waals surface area (Å²) in [6.45, 7) is 6.42. The van der Waals surface area contributed by atoms with Crippen LogP contribution in [0.4, 0.5) is 0 Å². The maximum absolute atomic E-state index is 12.0. The van der Waals surface area contributed by atoms with Gasteiger partial charge in [-0.1, -0.05) is 51.1 Å². The molecular weight excluding hydrogens is 332 g/mol. The van der Waals surface area contributed by atoms with E-state index in [9.17, 15) is 14.7 Å². The van der Waals surface area contributed by atoms with Gasteiger partial charge in [0.25, 0.3) is 0 Å². The summed E-state index contributed by atoms with van der Waals surface area (Å²) in [6.07, 6.45) is 0.704. The van der Waals surface area contributed by atoms with Crippen molar-refractivity contribution in [2.45, 2.75) is 38.0 Å². The maximum atomic E-state index is 12.0. The first-order chi connectivity index (χ1) is 12.3. The SMILES string of the molecule is CC(C)(C)c1ccc(C(C=O)C(C(=O)O)c2ccc3c(c2)OCO3)cc1. The minimum atomic E-state index is -1.05. The molecule has 26 heavy (non-hydrogen) atoms. The van der Waals surface area contributed by atoms with Crippen molar-refractivity contribution in [1.29, 1.82) is 0 Å². The first-order valence-electron chi connectivity index (χ1n) is 8.49. The van der Waals surface area contributed by atoms with E-state index in [1.165, 1.54) is 0 Å². The molecule has 0 bridgehead atoms. The molecule has 0 amide bonds. The number of carbonyl (C=O) groups is 2. The molecular formula is C21H22O5. The van der Waals surface area contributed by atoms with E-state index in [1.54, 1.807) is 18.2 Å². The summed E-state index contributed by atoms with van der Waals surface area (Å²) >= 11 is 0. The van der Waals surface area contributed by atoms with E-state index in [4.69, 9.17) is 9.47 Å². The summed E-state index contributed by atoms with van der Waals surface area (Å²) in [6, 6.07) is 12.6. The smallest absolute Gasteiger partial charge is 0.312 e. The molecule has 136 valence electrons. The van der Waals surface area contributed by atoms with Crippen LogP contribution in [-0.2, 0) is 15.0 Å². The highest BCUT2D eigenvalue weighted by Crippen LogP contribution is 2.39. The number of carboxylic acids is 1. The zero-order valence-electron chi connectivity index (χ0n) is 15.1. The van der Waals surface area contributed by atoms with E-state index in [0.29, 0.717) is 28.9 Å². The summed E-state index contributed by atoms with van der Waals surface area (Å²) in [5, 5.41) is 9.79. The Balaban J connectivity index is 1.97. The molecule has 2 aromatic rings. The van der Waals surface area contributed by atoms with Crippen molar-refractivity contribution in [2.24, 2.45) is 0 Å². The lowest BCUT2D eigenvalue weighted by molar-refractivity contribution is -0.140. The van der Waals surface area contributed by atoms with E-state index >= 15 is 0 Å². The fourth-order valence-corrected chi connectivity index (χ4v) is 3.17. The number of carbonyl (C=O) groups excluding carboxylic acids is 1. The third-order valence-electron chi connectivity index (χ3n) is 4.69. The third kappa shape index (κ3) is 3.43. The second kappa shape index (κ2) is 6.83. The van der Waals surface area contributed by atoms with Crippen molar-refractivity contribution in [1.82, 2.24) is 0 Å². The first-order valence-corrected chi connectivity index (χ1v) is 8.49. The molecule has 5 nitrogen and oxygen atoms in total. The van der Waals surface area contributed by atoms with Crippen LogP contribution in [0.15, 0.2) is 42.5 Å². The average molecular weight is 354 g/mol. The molecule has 2 atom stereocenters. The highest BCUT2D eigenvalue weighted by molar-refractivity contribution is 5.84. The van der Waals surface area contributed by atoms with Crippen LogP contribution in [0.2, 0.25) is 0 Å². The largest absolute Gasteiger partial charge is 0.481 e. The molecule has 1 aliphatic heterocycles. The van der Waals surface area contributed by atoms with Crippen LogP contribution in [-0.4, -0.2) is 24.2 Å². The number of carboxylic acid groups (broad SMARTS) is 1. The molecule has 0 spiro atoms. The summed E-state index contributed by atoms with van der Waals surface area (Å²) in [5.74, 6) is -1.76. The number of hydrogen-bond donors (Lipinski definition) is 1. The molecule has 1 N–H and O–H groups in total. The van der Waals surface area contributed by atoms with Gasteiger partial charge in [0, 0.05) is 0 Å². The van der Waals surface area contributed by atoms with Crippen LogP contribution in [0.5, 0.6) is 11.5 Å². The number of fused-ring (bicyclic) bond motifs is 1. The van der Waals surface area contributed by atoms with E-state index in [1.807, 2.05) is 24.3 Å². The Hall–Kier alpha value is -2.82. The standard InChI is InChI=1S/C21H22O5/c1-21(2,3)15-7-4-13(5-8-15)16(11-22)19(20(23)24)14-6-9-17-18(10-14)26-12-25-17/h4-11,16,19H,12H2,1-3H3,(H,23,24). The number of ether oxygens (including phenoxy) is 2. The normalized spacial score (nSPS) is 15.3. The zero-order chi connectivity index (χ0) is 18.9. The number of aliphatic carboxylic acids is 1. The molecule has 0 fully saturated rings. The Morgan fingerprint density at radius 1 is 1.04 bits per heavy atom. The first kappa shape index (κ1) is 18.0. The molecule has 2 unspecified atom stereocenters. The quantitative estimate of drug-likeness (QED) is 0.826. The predicted octanol–water partition coefficient (Wildman–Crippen LogP) is 3.86. The number of aldehydes is 1. The highest BCUT2D eigenvalue weighted by atomic mass is 16.7. The van der Waals surface area contributed by atoms with E-state index < -0.39 is 17.8 Å². The van der Waals surface area contributed by atoms with Gasteiger partial charge in [-0.15, -0.1) is 0 Å². The second-order valence-electron chi connectivity index (χ2n) is 7.46. The second-order valence-corrected chi connectivity index (χ2v) is 7.46. The van der Waals surface area contributed by atoms with Crippen LogP contribution in [0, 0.1) is 0 Å². The molecule has 1 heterocycles. The van der Waals surface area contributed by atoms with Gasteiger partial charge in [-0.25, -0.2) is 0 Å². The Labute approximate surface area is 152 Å². The summed E-state index contributed by atoms with van der Waals surface area (Å²) in [7, 11) is 0. The lowest BCUT2D eigenvalue weighted by atomic mass is 9.80. The van der Waals surface area contributed by atoms with Gasteiger partial charge in [-0.05, 0) is 34.2 Å². The van der Waals surface area contributed by atoms with Crippen molar-refractivity contribution < 1.29 is 24.2 Å². The van der Waals surface area contributed by atoms with Gasteiger partial charge in [-0.3, -0.25) is 4.79 Å². The van der Waals surface area contributed by atoms with Crippen LogP contribution in [0.1, 0.15) is 49.3 Å². The van der Waals surface area contributed by atoms with Gasteiger partial charge in [0.1, 0.15) is 6.29 Å². The molecule has 3 rings (SSSR count). The number of benzene rings is 2. The topological polar surface area (TPSA) is 72.8 Å². The molecule has 0 aliphatic carbocycles. The Morgan fingerprint density at radius 3 is 2.23 bits per heavy atom. The van der Waals surface area contributed by atoms with Crippen molar-refractivity contribution >= 4 is 12.3 Å². The molecule has 0 radical (unpaired) electrons. The molecule has 5 heteroatoms. The summed E-state index contributed by atoms with van der Waals surface area (Å²) < 4.78 is 10.6. The van der Waals surface area contributed by atoms with Crippen molar-refractivity contribution in [3.05, 3.63) is 59.2 Å². The minimum Gasteiger partial charge on any atom is -0.481 e. The van der Waals surface area contributed by atoms with Crippen LogP contribution >= 0.6 is 0 Å². The Bertz CT molecular complexity index is 817. The van der Waals surface area contributed by atoms with Gasteiger partial charge in [0.05, 0.1) is 11.8 Å². The summed E-state index contributed by atoms with van der Waals surface area (Å²) in [4.78, 5) is 23.8. The molecule has 1 aliphatic rings. The van der Waals surface area contributed by atoms with Crippen LogP contribution < -0.4 is 9.47 Å². The number of rotatable bonds is 5. The van der Waals surface area contributed by atoms with Gasteiger partial charge >= 0.3 is 5.97 Å². The lowest BCUT2D eigenvalue weighted by Crippen LogP contribution is -2.21. The fraction of sp³-hybridized carbons (Fsp3) is 0.333. The van der Waals surface area contributed by atoms with Crippen molar-refractivity contribution in [3.8, 4) is 11.5 Å².